The second kappa shape index (κ2) is 10.3. The van der Waals surface area contributed by atoms with E-state index in [9.17, 15) is 22.4 Å². The maximum atomic E-state index is 15.1. The van der Waals surface area contributed by atoms with Gasteiger partial charge in [-0.25, -0.2) is 18.5 Å². The van der Waals surface area contributed by atoms with Crippen LogP contribution in [-0.2, 0) is 16.8 Å². The van der Waals surface area contributed by atoms with Gasteiger partial charge in [0.05, 0.1) is 23.5 Å². The van der Waals surface area contributed by atoms with Gasteiger partial charge in [-0.1, -0.05) is 6.07 Å². The molecule has 0 atom stereocenters. The van der Waals surface area contributed by atoms with Gasteiger partial charge in [0, 0.05) is 36.6 Å². The van der Waals surface area contributed by atoms with Gasteiger partial charge >= 0.3 is 0 Å². The summed E-state index contributed by atoms with van der Waals surface area (Å²) >= 11 is 0. The normalized spacial score (nSPS) is 13.3. The highest BCUT2D eigenvalue weighted by Crippen LogP contribution is 2.27. The molecule has 2 heterocycles. The standard InChI is InChI=1S/C24H26F2N6O4S/c1-13-4-7-19(18(25)10-13)30-21-14(2)24(34)32(12-17(21)23(33)29-16-5-6-16)11-15-8-9-28-22(20(15)26)31-37(35,36)27-3/h4,7-10,12,16,27,30H,5-6,11H2,1-3H3,(H,28,31)(H,29,33). The Morgan fingerprint density at radius 1 is 1.19 bits per heavy atom. The van der Waals surface area contributed by atoms with Crippen molar-refractivity contribution in [3.05, 3.63) is 80.9 Å². The zero-order valence-electron chi connectivity index (χ0n) is 20.4. The van der Waals surface area contributed by atoms with Gasteiger partial charge in [0.25, 0.3) is 21.7 Å². The van der Waals surface area contributed by atoms with Crippen LogP contribution in [0.4, 0.5) is 26.0 Å². The molecule has 0 radical (unpaired) electrons. The Kier molecular flexibility index (Phi) is 7.28. The van der Waals surface area contributed by atoms with Crippen LogP contribution in [0, 0.1) is 25.5 Å². The topological polar surface area (TPSA) is 134 Å². The monoisotopic (exact) mass is 532 g/mol. The fraction of sp³-hybridized carbons (Fsp3) is 0.292. The molecule has 2 aromatic heterocycles. The van der Waals surface area contributed by atoms with Crippen LogP contribution in [0.25, 0.3) is 0 Å². The summed E-state index contributed by atoms with van der Waals surface area (Å²) < 4.78 is 58.3. The lowest BCUT2D eigenvalue weighted by Gasteiger charge is -2.18. The van der Waals surface area contributed by atoms with Crippen LogP contribution in [0.3, 0.4) is 0 Å². The second-order valence-electron chi connectivity index (χ2n) is 8.77. The quantitative estimate of drug-likeness (QED) is 0.335. The zero-order chi connectivity index (χ0) is 26.9. The smallest absolute Gasteiger partial charge is 0.300 e. The molecule has 13 heteroatoms. The number of hydrogen-bond donors (Lipinski definition) is 4. The lowest BCUT2D eigenvalue weighted by atomic mass is 10.1. The van der Waals surface area contributed by atoms with Crippen LogP contribution in [0.15, 0.2) is 41.5 Å². The first-order valence-corrected chi connectivity index (χ1v) is 12.9. The number of benzene rings is 1. The summed E-state index contributed by atoms with van der Waals surface area (Å²) in [7, 11) is -2.88. The lowest BCUT2D eigenvalue weighted by Crippen LogP contribution is -2.31. The van der Waals surface area contributed by atoms with Gasteiger partial charge < -0.3 is 15.2 Å². The second-order valence-corrected chi connectivity index (χ2v) is 10.4. The summed E-state index contributed by atoms with van der Waals surface area (Å²) in [6.45, 7) is 2.91. The van der Waals surface area contributed by atoms with E-state index in [0.717, 1.165) is 24.5 Å². The third-order valence-corrected chi connectivity index (χ3v) is 6.86. The molecule has 196 valence electrons. The zero-order valence-corrected chi connectivity index (χ0v) is 21.2. The summed E-state index contributed by atoms with van der Waals surface area (Å²) in [5.74, 6) is -2.53. The molecule has 4 rings (SSSR count). The number of amides is 1. The largest absolute Gasteiger partial charge is 0.352 e. The van der Waals surface area contributed by atoms with E-state index >= 15 is 4.39 Å². The first-order chi connectivity index (χ1) is 17.5. The van der Waals surface area contributed by atoms with Crippen molar-refractivity contribution in [1.29, 1.82) is 0 Å². The molecular formula is C24H26F2N6O4S. The fourth-order valence-corrected chi connectivity index (χ4v) is 4.14. The minimum Gasteiger partial charge on any atom is -0.352 e. The van der Waals surface area contributed by atoms with E-state index in [1.54, 1.807) is 13.0 Å². The number of hydrogen-bond acceptors (Lipinski definition) is 6. The predicted molar refractivity (Wildman–Crippen MR) is 135 cm³/mol. The maximum Gasteiger partial charge on any atom is 0.300 e. The molecule has 1 amide bonds. The van der Waals surface area contributed by atoms with Gasteiger partial charge in [-0.2, -0.15) is 8.42 Å². The molecule has 4 N–H and O–H groups in total. The molecule has 0 spiro atoms. The van der Waals surface area contributed by atoms with Crippen LogP contribution in [0.1, 0.15) is 39.9 Å². The average molecular weight is 533 g/mol. The summed E-state index contributed by atoms with van der Waals surface area (Å²) in [6, 6.07) is 5.84. The summed E-state index contributed by atoms with van der Waals surface area (Å²) in [6.07, 6.45) is 4.12. The van der Waals surface area contributed by atoms with Crippen LogP contribution < -0.4 is 25.6 Å². The van der Waals surface area contributed by atoms with E-state index < -0.39 is 39.1 Å². The predicted octanol–water partition coefficient (Wildman–Crippen LogP) is 2.70. The molecule has 3 aromatic rings. The van der Waals surface area contributed by atoms with Gasteiger partial charge in [-0.05, 0) is 50.5 Å². The third kappa shape index (κ3) is 5.94. The highest BCUT2D eigenvalue weighted by molar-refractivity contribution is 7.90. The van der Waals surface area contributed by atoms with Gasteiger partial charge in [0.1, 0.15) is 5.82 Å². The number of nitrogens with one attached hydrogen (secondary N) is 4. The molecule has 1 fully saturated rings. The van der Waals surface area contributed by atoms with Crippen LogP contribution in [0.2, 0.25) is 0 Å². The lowest BCUT2D eigenvalue weighted by molar-refractivity contribution is 0.0951. The molecule has 0 unspecified atom stereocenters. The number of carbonyl (C=O) groups is 1. The molecule has 0 saturated heterocycles. The Balaban J connectivity index is 1.76. The van der Waals surface area contributed by atoms with Gasteiger partial charge in [0.15, 0.2) is 11.6 Å². The molecular weight excluding hydrogens is 506 g/mol. The Morgan fingerprint density at radius 3 is 2.57 bits per heavy atom. The van der Waals surface area contributed by atoms with E-state index in [0.29, 0.717) is 5.56 Å². The van der Waals surface area contributed by atoms with Crippen molar-refractivity contribution in [3.63, 3.8) is 0 Å². The molecule has 0 aliphatic heterocycles. The summed E-state index contributed by atoms with van der Waals surface area (Å²) in [5, 5.41) is 5.73. The van der Waals surface area contributed by atoms with E-state index in [-0.39, 0.29) is 40.7 Å². The Hall–Kier alpha value is -3.84. The first-order valence-electron chi connectivity index (χ1n) is 11.4. The van der Waals surface area contributed by atoms with E-state index in [1.165, 1.54) is 37.5 Å². The van der Waals surface area contributed by atoms with Crippen molar-refractivity contribution in [2.24, 2.45) is 0 Å². The van der Waals surface area contributed by atoms with E-state index in [2.05, 4.69) is 15.6 Å². The number of pyridine rings is 2. The highest BCUT2D eigenvalue weighted by Gasteiger charge is 2.27. The Bertz CT molecular complexity index is 1540. The van der Waals surface area contributed by atoms with Gasteiger partial charge in [0.2, 0.25) is 0 Å². The number of rotatable bonds is 9. The maximum absolute atomic E-state index is 15.1. The van der Waals surface area contributed by atoms with Gasteiger partial charge in [-0.3, -0.25) is 14.3 Å². The minimum atomic E-state index is -4.03. The Morgan fingerprint density at radius 2 is 1.92 bits per heavy atom. The van der Waals surface area contributed by atoms with Gasteiger partial charge in [-0.15, -0.1) is 0 Å². The number of anilines is 3. The Labute approximate surface area is 212 Å². The van der Waals surface area contributed by atoms with Crippen LogP contribution >= 0.6 is 0 Å². The fourth-order valence-electron chi connectivity index (χ4n) is 3.64. The molecule has 0 bridgehead atoms. The number of aryl methyl sites for hydroxylation is 1. The van der Waals surface area contributed by atoms with E-state index in [1.807, 2.05) is 9.44 Å². The van der Waals surface area contributed by atoms with Crippen molar-refractivity contribution >= 4 is 33.3 Å². The SMILES string of the molecule is CNS(=O)(=O)Nc1nccc(Cn2cc(C(=O)NC3CC3)c(Nc3ccc(C)cc3F)c(C)c2=O)c1F. The number of nitrogens with zero attached hydrogens (tertiary/aromatic N) is 2. The molecule has 1 aromatic carbocycles. The van der Waals surface area contributed by atoms with E-state index in [4.69, 9.17) is 0 Å². The molecule has 1 aliphatic carbocycles. The summed E-state index contributed by atoms with van der Waals surface area (Å²) in [5.41, 5.74) is 0.546. The number of halogens is 2. The average Bonchev–Trinajstić information content (AvgIpc) is 3.66. The van der Waals surface area contributed by atoms with Crippen LogP contribution in [-0.4, -0.2) is 37.0 Å². The molecule has 37 heavy (non-hydrogen) atoms. The third-order valence-electron chi connectivity index (χ3n) is 5.86. The number of carbonyl (C=O) groups excluding carboxylic acids is 1. The number of aromatic nitrogens is 2. The van der Waals surface area contributed by atoms with Crippen molar-refractivity contribution < 1.29 is 22.0 Å². The minimum absolute atomic E-state index is 0.0116. The van der Waals surface area contributed by atoms with Crippen molar-refractivity contribution in [2.75, 3.05) is 17.1 Å². The van der Waals surface area contributed by atoms with Crippen molar-refractivity contribution in [2.45, 2.75) is 39.3 Å². The summed E-state index contributed by atoms with van der Waals surface area (Å²) in [4.78, 5) is 30.1. The van der Waals surface area contributed by atoms with Crippen molar-refractivity contribution in [3.8, 4) is 0 Å². The first kappa shape index (κ1) is 26.2. The van der Waals surface area contributed by atoms with Crippen molar-refractivity contribution in [1.82, 2.24) is 19.6 Å². The highest BCUT2D eigenvalue weighted by atomic mass is 32.2. The molecule has 1 aliphatic rings. The molecule has 10 nitrogen and oxygen atoms in total. The van der Waals surface area contributed by atoms with Crippen LogP contribution in [0.5, 0.6) is 0 Å². The molecule has 1 saturated carbocycles.